The molecule has 0 spiro atoms. The van der Waals surface area contributed by atoms with E-state index < -0.39 is 5.97 Å². The minimum Gasteiger partial charge on any atom is -0.255 e. The van der Waals surface area contributed by atoms with Crippen molar-refractivity contribution >= 4 is 11.5 Å². The summed E-state index contributed by atoms with van der Waals surface area (Å²) in [4.78, 5) is 22.5. The summed E-state index contributed by atoms with van der Waals surface area (Å²) in [5.41, 5.74) is 2.07. The van der Waals surface area contributed by atoms with Gasteiger partial charge in [0.1, 0.15) is 5.82 Å². The average molecular weight is 236 g/mol. The molecule has 0 aliphatic heterocycles. The van der Waals surface area contributed by atoms with Crippen LogP contribution >= 0.6 is 0 Å². The number of carbonyl (C=O) groups is 1. The van der Waals surface area contributed by atoms with Gasteiger partial charge in [0.2, 0.25) is 0 Å². The summed E-state index contributed by atoms with van der Waals surface area (Å²) < 4.78 is 11.7. The van der Waals surface area contributed by atoms with Crippen LogP contribution in [0.4, 0.5) is 4.53 Å². The van der Waals surface area contributed by atoms with Crippen molar-refractivity contribution in [2.75, 3.05) is 0 Å². The van der Waals surface area contributed by atoms with Crippen molar-refractivity contribution in [1.82, 2.24) is 9.97 Å². The smallest absolute Gasteiger partial charge is 0.255 e. The molecule has 1 aromatic rings. The molecule has 2 rings (SSSR count). The van der Waals surface area contributed by atoms with Gasteiger partial charge in [-0.1, -0.05) is 6.08 Å². The normalized spacial score (nSPS) is 19.6. The van der Waals surface area contributed by atoms with Gasteiger partial charge in [-0.3, -0.25) is 4.94 Å². The van der Waals surface area contributed by atoms with Gasteiger partial charge in [0.05, 0.1) is 5.92 Å². The summed E-state index contributed by atoms with van der Waals surface area (Å²) in [5.74, 6) is -0.417. The first-order valence-corrected chi connectivity index (χ1v) is 5.51. The van der Waals surface area contributed by atoms with E-state index in [1.165, 1.54) is 0 Å². The fourth-order valence-electron chi connectivity index (χ4n) is 1.93. The van der Waals surface area contributed by atoms with Crippen LogP contribution in [0.3, 0.4) is 0 Å². The molecule has 0 saturated heterocycles. The summed E-state index contributed by atoms with van der Waals surface area (Å²) in [6.07, 6.45) is 7.28. The number of allylic oxidation sites excluding steroid dienone is 2. The van der Waals surface area contributed by atoms with Crippen LogP contribution in [0.2, 0.25) is 0 Å². The Kier molecular flexibility index (Phi) is 3.46. The Labute approximate surface area is 98.4 Å². The molecule has 0 radical (unpaired) electrons. The Morgan fingerprint density at radius 3 is 2.71 bits per heavy atom. The van der Waals surface area contributed by atoms with Gasteiger partial charge in [-0.25, -0.2) is 14.8 Å². The second-order valence-electron chi connectivity index (χ2n) is 4.12. The van der Waals surface area contributed by atoms with E-state index in [4.69, 9.17) is 0 Å². The van der Waals surface area contributed by atoms with Gasteiger partial charge < -0.3 is 0 Å². The molecule has 1 aliphatic carbocycles. The van der Waals surface area contributed by atoms with Gasteiger partial charge in [0.15, 0.2) is 0 Å². The average Bonchev–Trinajstić information content (AvgIpc) is 2.39. The number of nitrogens with zero attached hydrogens (tertiary/aromatic N) is 2. The molecule has 1 heterocycles. The minimum absolute atomic E-state index is 0.366. The fraction of sp³-hybridized carbons (Fsp3) is 0.417. The zero-order chi connectivity index (χ0) is 12.3. The van der Waals surface area contributed by atoms with Gasteiger partial charge in [0.25, 0.3) is 0 Å². The number of carbonyl (C=O) groups excluding carboxylic acids is 1. The van der Waals surface area contributed by atoms with Gasteiger partial charge in [-0.05, 0) is 31.8 Å². The van der Waals surface area contributed by atoms with Crippen LogP contribution in [0.15, 0.2) is 18.5 Å². The first-order valence-electron chi connectivity index (χ1n) is 5.51. The van der Waals surface area contributed by atoms with Crippen LogP contribution in [-0.2, 0) is 9.74 Å². The maximum Gasteiger partial charge on any atom is 0.352 e. The molecule has 0 aromatic carbocycles. The molecule has 1 aromatic heterocycles. The van der Waals surface area contributed by atoms with E-state index in [1.807, 2.05) is 13.0 Å². The summed E-state index contributed by atoms with van der Waals surface area (Å²) >= 11 is 0. The van der Waals surface area contributed by atoms with Crippen molar-refractivity contribution in [3.05, 3.63) is 29.9 Å². The molecule has 17 heavy (non-hydrogen) atoms. The van der Waals surface area contributed by atoms with E-state index >= 15 is 0 Å². The van der Waals surface area contributed by atoms with E-state index in [2.05, 4.69) is 14.9 Å². The molecule has 4 nitrogen and oxygen atoms in total. The van der Waals surface area contributed by atoms with Crippen molar-refractivity contribution in [3.63, 3.8) is 0 Å². The molecule has 1 unspecified atom stereocenters. The van der Waals surface area contributed by atoms with Crippen molar-refractivity contribution in [2.24, 2.45) is 5.92 Å². The van der Waals surface area contributed by atoms with Crippen LogP contribution < -0.4 is 0 Å². The number of halogens is 1. The van der Waals surface area contributed by atoms with Crippen molar-refractivity contribution in [2.45, 2.75) is 26.2 Å². The molecular weight excluding hydrogens is 223 g/mol. The molecule has 0 amide bonds. The molecule has 0 fully saturated rings. The van der Waals surface area contributed by atoms with Gasteiger partial charge in [0, 0.05) is 22.5 Å². The Bertz CT molecular complexity index is 442. The Balaban J connectivity index is 2.08. The lowest BCUT2D eigenvalue weighted by molar-refractivity contribution is -0.189. The maximum absolute atomic E-state index is 11.7. The molecule has 1 atom stereocenters. The third kappa shape index (κ3) is 2.67. The van der Waals surface area contributed by atoms with Crippen LogP contribution in [0.1, 0.15) is 30.7 Å². The van der Waals surface area contributed by atoms with E-state index in [1.54, 1.807) is 12.4 Å². The summed E-state index contributed by atoms with van der Waals surface area (Å²) in [5, 5.41) is 0. The van der Waals surface area contributed by atoms with Crippen molar-refractivity contribution in [3.8, 4) is 0 Å². The molecule has 1 aliphatic rings. The number of hydrogen-bond acceptors (Lipinski definition) is 4. The molecule has 0 saturated carbocycles. The third-order valence-electron chi connectivity index (χ3n) is 2.97. The molecule has 90 valence electrons. The van der Waals surface area contributed by atoms with Gasteiger partial charge in [-0.15, -0.1) is 0 Å². The zero-order valence-corrected chi connectivity index (χ0v) is 9.52. The maximum atomic E-state index is 11.7. The number of hydrogen-bond donors (Lipinski definition) is 0. The van der Waals surface area contributed by atoms with Crippen LogP contribution in [0.5, 0.6) is 0 Å². The van der Waals surface area contributed by atoms with Gasteiger partial charge >= 0.3 is 5.97 Å². The highest BCUT2D eigenvalue weighted by molar-refractivity contribution is 5.74. The molecule has 0 bridgehead atoms. The Morgan fingerprint density at radius 1 is 1.47 bits per heavy atom. The highest BCUT2D eigenvalue weighted by Gasteiger charge is 2.24. The number of rotatable bonds is 2. The molecule has 5 heteroatoms. The second-order valence-corrected chi connectivity index (χ2v) is 4.12. The highest BCUT2D eigenvalue weighted by atomic mass is 19.3. The predicted molar refractivity (Wildman–Crippen MR) is 59.3 cm³/mol. The highest BCUT2D eigenvalue weighted by Crippen LogP contribution is 2.30. The molecular formula is C12H13FN2O2. The lowest BCUT2D eigenvalue weighted by Gasteiger charge is -2.18. The Morgan fingerprint density at radius 2 is 2.18 bits per heavy atom. The third-order valence-corrected chi connectivity index (χ3v) is 2.97. The van der Waals surface area contributed by atoms with Crippen molar-refractivity contribution < 1.29 is 14.3 Å². The van der Waals surface area contributed by atoms with Crippen molar-refractivity contribution in [1.29, 1.82) is 0 Å². The monoisotopic (exact) mass is 236 g/mol. The first kappa shape index (κ1) is 11.7. The summed E-state index contributed by atoms with van der Waals surface area (Å²) in [6.45, 7) is 1.83. The van der Waals surface area contributed by atoms with Crippen LogP contribution in [0.25, 0.3) is 5.57 Å². The van der Waals surface area contributed by atoms with E-state index in [9.17, 15) is 9.32 Å². The Hall–Kier alpha value is -1.78. The predicted octanol–water partition coefficient (Wildman–Crippen LogP) is 2.40. The first-order chi connectivity index (χ1) is 8.20. The van der Waals surface area contributed by atoms with E-state index in [0.29, 0.717) is 19.3 Å². The van der Waals surface area contributed by atoms with E-state index in [-0.39, 0.29) is 5.92 Å². The standard InChI is InChI=1S/C12H13FN2O2/c1-8-14-6-11(7-15-8)9-2-4-10(5-3-9)12(16)17-13/h2,6-7,10H,3-5H2,1H3. The van der Waals surface area contributed by atoms with E-state index in [0.717, 1.165) is 17.0 Å². The lowest BCUT2D eigenvalue weighted by Crippen LogP contribution is -2.17. The lowest BCUT2D eigenvalue weighted by atomic mass is 9.87. The van der Waals surface area contributed by atoms with Crippen LogP contribution in [0, 0.1) is 12.8 Å². The van der Waals surface area contributed by atoms with Gasteiger partial charge in [-0.2, -0.15) is 0 Å². The second kappa shape index (κ2) is 5.03. The summed E-state index contributed by atoms with van der Waals surface area (Å²) in [6, 6.07) is 0. The SMILES string of the molecule is Cc1ncc(C2=CCC(C(=O)OF)CC2)cn1. The van der Waals surface area contributed by atoms with Crippen LogP contribution in [-0.4, -0.2) is 15.9 Å². The molecule has 0 N–H and O–H groups in total. The topological polar surface area (TPSA) is 52.1 Å². The minimum atomic E-state index is -0.777. The zero-order valence-electron chi connectivity index (χ0n) is 9.52. The fourth-order valence-corrected chi connectivity index (χ4v) is 1.93. The largest absolute Gasteiger partial charge is 0.352 e. The summed E-state index contributed by atoms with van der Waals surface area (Å²) in [7, 11) is 0. The number of aromatic nitrogens is 2. The number of aryl methyl sites for hydroxylation is 1. The quantitative estimate of drug-likeness (QED) is 0.791.